The van der Waals surface area contributed by atoms with E-state index < -0.39 is 0 Å². The van der Waals surface area contributed by atoms with Crippen molar-refractivity contribution in [2.24, 2.45) is 5.41 Å². The quantitative estimate of drug-likeness (QED) is 0.506. The molecule has 2 aliphatic rings. The summed E-state index contributed by atoms with van der Waals surface area (Å²) in [7, 11) is 5.85. The molecule has 0 aromatic heterocycles. The van der Waals surface area contributed by atoms with E-state index in [2.05, 4.69) is 113 Å². The number of anilines is 1. The van der Waals surface area contributed by atoms with Crippen LogP contribution in [0.1, 0.15) is 45.7 Å². The van der Waals surface area contributed by atoms with E-state index in [0.717, 1.165) is 11.2 Å². The summed E-state index contributed by atoms with van der Waals surface area (Å²) < 4.78 is 3.27. The minimum atomic E-state index is -0.113. The van der Waals surface area contributed by atoms with E-state index in [1.54, 1.807) is 7.05 Å². The van der Waals surface area contributed by atoms with Gasteiger partial charge in [-0.15, -0.1) is 0 Å². The Hall–Kier alpha value is -3.01. The fourth-order valence-electron chi connectivity index (χ4n) is 5.32. The molecule has 0 saturated heterocycles. The van der Waals surface area contributed by atoms with Crippen LogP contribution < -0.4 is 4.90 Å². The highest BCUT2D eigenvalue weighted by Gasteiger charge is 2.45. The Morgan fingerprint density at radius 1 is 1.15 bits per heavy atom. The third-order valence-electron chi connectivity index (χ3n) is 7.19. The van der Waals surface area contributed by atoms with Crippen LogP contribution in [0.15, 0.2) is 78.2 Å². The standard InChI is InChI=1S/C29H39N3O/c1-10-13-22-24(11-2)31(8)26(28(22,3)4)14-12-15-27-29(5,6)23-20-21(18-19-30(7)33)16-17-25(23)32(27)9/h10-17,20H,1,18-19H2,2-9H3/q+2/b22-13+,24-11+. The molecule has 33 heavy (non-hydrogen) atoms. The summed E-state index contributed by atoms with van der Waals surface area (Å²) in [6.07, 6.45) is 13.6. The van der Waals surface area contributed by atoms with Crippen molar-refractivity contribution in [3.05, 3.63) is 94.2 Å². The predicted molar refractivity (Wildman–Crippen MR) is 140 cm³/mol. The zero-order chi connectivity index (χ0) is 24.6. The van der Waals surface area contributed by atoms with Crippen molar-refractivity contribution < 1.29 is 9.34 Å². The molecule has 0 saturated carbocycles. The van der Waals surface area contributed by atoms with E-state index in [4.69, 9.17) is 0 Å². The fraction of sp³-hybridized carbons (Fsp3) is 0.414. The maximum Gasteiger partial charge on any atom is 0.205 e. The van der Waals surface area contributed by atoms with E-state index in [9.17, 15) is 4.91 Å². The number of nitrogens with zero attached hydrogens (tertiary/aromatic N) is 3. The summed E-state index contributed by atoms with van der Waals surface area (Å²) in [6.45, 7) is 15.6. The lowest BCUT2D eigenvalue weighted by Gasteiger charge is -2.23. The smallest absolute Gasteiger partial charge is 0.205 e. The van der Waals surface area contributed by atoms with E-state index in [0.29, 0.717) is 6.54 Å². The van der Waals surface area contributed by atoms with Gasteiger partial charge >= 0.3 is 0 Å². The van der Waals surface area contributed by atoms with Gasteiger partial charge in [0.25, 0.3) is 0 Å². The topological polar surface area (TPSA) is 26.3 Å². The molecule has 0 N–H and O–H groups in total. The van der Waals surface area contributed by atoms with Crippen molar-refractivity contribution in [2.75, 3.05) is 32.6 Å². The maximum atomic E-state index is 11.3. The molecule has 4 nitrogen and oxygen atoms in total. The van der Waals surface area contributed by atoms with Gasteiger partial charge in [0.15, 0.2) is 19.3 Å². The third-order valence-corrected chi connectivity index (χ3v) is 7.19. The average molecular weight is 446 g/mol. The molecule has 0 radical (unpaired) electrons. The number of fused-ring (bicyclic) bond motifs is 1. The van der Waals surface area contributed by atoms with Crippen LogP contribution in [0.5, 0.6) is 0 Å². The Morgan fingerprint density at radius 2 is 1.85 bits per heavy atom. The zero-order valence-electron chi connectivity index (χ0n) is 21.6. The zero-order valence-corrected chi connectivity index (χ0v) is 21.6. The van der Waals surface area contributed by atoms with Crippen LogP contribution in [0.25, 0.3) is 0 Å². The van der Waals surface area contributed by atoms with Crippen LogP contribution in [0, 0.1) is 10.3 Å². The molecule has 0 atom stereocenters. The van der Waals surface area contributed by atoms with Gasteiger partial charge in [0.1, 0.15) is 7.05 Å². The minimum Gasteiger partial charge on any atom is -0.347 e. The van der Waals surface area contributed by atoms with Gasteiger partial charge in [-0.05, 0) is 54.9 Å². The van der Waals surface area contributed by atoms with E-state index in [-0.39, 0.29) is 10.8 Å². The third kappa shape index (κ3) is 4.31. The highest BCUT2D eigenvalue weighted by atomic mass is 16.3. The molecular weight excluding hydrogens is 406 g/mol. The normalized spacial score (nSPS) is 22.8. The van der Waals surface area contributed by atoms with Gasteiger partial charge in [-0.2, -0.15) is 4.58 Å². The number of benzene rings is 1. The van der Waals surface area contributed by atoms with Gasteiger partial charge in [0.2, 0.25) is 5.70 Å². The first-order valence-corrected chi connectivity index (χ1v) is 11.7. The Labute approximate surface area is 199 Å². The first kappa shape index (κ1) is 24.6. The number of allylic oxidation sites excluding steroid dienone is 8. The Kier molecular flexibility index (Phi) is 6.78. The number of nitroso groups, excluding NO2 is 1. The van der Waals surface area contributed by atoms with Gasteiger partial charge in [0, 0.05) is 46.8 Å². The van der Waals surface area contributed by atoms with Crippen LogP contribution in [0.4, 0.5) is 5.69 Å². The molecule has 0 aliphatic carbocycles. The molecule has 3 rings (SSSR count). The van der Waals surface area contributed by atoms with Gasteiger partial charge in [-0.25, -0.2) is 0 Å². The van der Waals surface area contributed by atoms with Crippen molar-refractivity contribution in [1.82, 2.24) is 0 Å². The predicted octanol–water partition coefficient (Wildman–Crippen LogP) is 5.94. The minimum absolute atomic E-state index is 0.0938. The van der Waals surface area contributed by atoms with Crippen LogP contribution in [0.3, 0.4) is 0 Å². The second-order valence-electron chi connectivity index (χ2n) is 10.1. The molecule has 0 unspecified atom stereocenters. The van der Waals surface area contributed by atoms with Gasteiger partial charge < -0.3 is 4.90 Å². The highest BCUT2D eigenvalue weighted by molar-refractivity contribution is 6.00. The van der Waals surface area contributed by atoms with Gasteiger partial charge in [0.05, 0.1) is 5.41 Å². The molecular formula is C29H39N3O+2. The summed E-state index contributed by atoms with van der Waals surface area (Å²) in [6, 6.07) is 6.61. The highest BCUT2D eigenvalue weighted by Crippen LogP contribution is 2.47. The summed E-state index contributed by atoms with van der Waals surface area (Å²) in [5, 5.41) is 0. The Bertz CT molecular complexity index is 1140. The number of hydrogen-bond acceptors (Lipinski definition) is 2. The monoisotopic (exact) mass is 445 g/mol. The molecule has 174 valence electrons. The molecule has 2 heterocycles. The molecule has 0 spiro atoms. The number of likely N-dealkylation sites (N-methyl/N-ethyl adjacent to an activating group) is 3. The van der Waals surface area contributed by atoms with Crippen LogP contribution >= 0.6 is 0 Å². The van der Waals surface area contributed by atoms with Gasteiger partial charge in [-0.1, -0.05) is 50.8 Å². The molecule has 2 aliphatic heterocycles. The molecule has 0 amide bonds. The largest absolute Gasteiger partial charge is 0.347 e. The number of rotatable bonds is 6. The lowest BCUT2D eigenvalue weighted by Crippen LogP contribution is -2.23. The second kappa shape index (κ2) is 9.09. The second-order valence-corrected chi connectivity index (χ2v) is 10.1. The van der Waals surface area contributed by atoms with Crippen LogP contribution in [-0.2, 0) is 11.8 Å². The van der Waals surface area contributed by atoms with Crippen molar-refractivity contribution in [3.8, 4) is 0 Å². The van der Waals surface area contributed by atoms with E-state index in [1.807, 2.05) is 6.08 Å². The van der Waals surface area contributed by atoms with E-state index in [1.165, 1.54) is 39.5 Å². The first-order chi connectivity index (χ1) is 15.5. The molecule has 0 bridgehead atoms. The molecule has 0 fully saturated rings. The van der Waals surface area contributed by atoms with Crippen LogP contribution in [0.2, 0.25) is 0 Å². The lowest BCUT2D eigenvalue weighted by molar-refractivity contribution is -0.518. The van der Waals surface area contributed by atoms with Gasteiger partial charge in [-0.3, -0.25) is 0 Å². The first-order valence-electron chi connectivity index (χ1n) is 11.7. The summed E-state index contributed by atoms with van der Waals surface area (Å²) >= 11 is 0. The Morgan fingerprint density at radius 3 is 2.45 bits per heavy atom. The lowest BCUT2D eigenvalue weighted by atomic mass is 9.80. The summed E-state index contributed by atoms with van der Waals surface area (Å²) in [4.78, 5) is 13.6. The maximum absolute atomic E-state index is 11.3. The molecule has 1 aromatic rings. The average Bonchev–Trinajstić information content (AvgIpc) is 3.05. The molecule has 1 aromatic carbocycles. The van der Waals surface area contributed by atoms with Crippen molar-refractivity contribution in [1.29, 1.82) is 0 Å². The number of hydrogen-bond donors (Lipinski definition) is 0. The van der Waals surface area contributed by atoms with E-state index >= 15 is 0 Å². The van der Waals surface area contributed by atoms with Crippen LogP contribution in [-0.4, -0.2) is 42.7 Å². The van der Waals surface area contributed by atoms with Crippen molar-refractivity contribution in [2.45, 2.75) is 46.5 Å². The summed E-state index contributed by atoms with van der Waals surface area (Å²) in [5.74, 6) is 0. The SMILES string of the molecule is C=C/C=C1\C(=C/C)[N+](C)=C(/C=C/C=C2/N(C)c3ccc(CC[N+](C)=O)cc3C2(C)C)C1(C)C. The summed E-state index contributed by atoms with van der Waals surface area (Å²) in [5.41, 5.74) is 8.60. The molecule has 4 heteroatoms. The Balaban J connectivity index is 1.95. The fourth-order valence-corrected chi connectivity index (χ4v) is 5.32. The van der Waals surface area contributed by atoms with Crippen molar-refractivity contribution >= 4 is 11.4 Å². The van der Waals surface area contributed by atoms with Crippen molar-refractivity contribution in [3.63, 3.8) is 0 Å².